The van der Waals surface area contributed by atoms with Crippen LogP contribution in [0.4, 0.5) is 0 Å². The van der Waals surface area contributed by atoms with Gasteiger partial charge in [0.05, 0.1) is 7.11 Å². The average Bonchev–Trinajstić information content (AvgIpc) is 2.18. The second-order valence-corrected chi connectivity index (χ2v) is 2.59. The maximum Gasteiger partial charge on any atom is 0.251 e. The van der Waals surface area contributed by atoms with Crippen molar-refractivity contribution in [3.63, 3.8) is 0 Å². The summed E-state index contributed by atoms with van der Waals surface area (Å²) >= 11 is 0. The third kappa shape index (κ3) is 2.47. The van der Waals surface area contributed by atoms with Crippen LogP contribution < -0.4 is 10.1 Å². The van der Waals surface area contributed by atoms with E-state index in [0.717, 1.165) is 0 Å². The van der Waals surface area contributed by atoms with E-state index in [1.165, 1.54) is 0 Å². The highest BCUT2D eigenvalue weighted by Crippen LogP contribution is 2.11. The molecule has 1 amide bonds. The first-order valence-electron chi connectivity index (χ1n) is 4.20. The summed E-state index contributed by atoms with van der Waals surface area (Å²) in [6.45, 7) is 2.52. The molecule has 0 fully saturated rings. The lowest BCUT2D eigenvalue weighted by Gasteiger charge is -2.03. The van der Waals surface area contributed by atoms with Gasteiger partial charge in [0.2, 0.25) is 0 Å². The van der Waals surface area contributed by atoms with Gasteiger partial charge >= 0.3 is 0 Å². The molecule has 0 aromatic heterocycles. The third-order valence-corrected chi connectivity index (χ3v) is 1.67. The Morgan fingerprint density at radius 1 is 1.54 bits per heavy atom. The minimum atomic E-state index is -0.0681. The molecule has 1 aromatic carbocycles. The number of hydrogen-bond acceptors (Lipinski definition) is 2. The molecule has 0 saturated carbocycles. The van der Waals surface area contributed by atoms with Gasteiger partial charge in [-0.2, -0.15) is 0 Å². The summed E-state index contributed by atoms with van der Waals surface area (Å²) in [5, 5.41) is 2.72. The Labute approximate surface area is 77.7 Å². The van der Waals surface area contributed by atoms with Gasteiger partial charge in [0.15, 0.2) is 0 Å². The highest BCUT2D eigenvalue weighted by atomic mass is 16.5. The molecular formula is C10H13NO2. The lowest BCUT2D eigenvalue weighted by Crippen LogP contribution is -2.22. The zero-order valence-corrected chi connectivity index (χ0v) is 7.83. The van der Waals surface area contributed by atoms with E-state index < -0.39 is 0 Å². The zero-order chi connectivity index (χ0) is 9.68. The molecular weight excluding hydrogens is 166 g/mol. The average molecular weight is 179 g/mol. The van der Waals surface area contributed by atoms with Crippen molar-refractivity contribution in [1.82, 2.24) is 5.32 Å². The number of hydrogen-bond donors (Lipinski definition) is 1. The van der Waals surface area contributed by atoms with Crippen LogP contribution in [0.15, 0.2) is 24.3 Å². The molecule has 0 spiro atoms. The van der Waals surface area contributed by atoms with Crippen molar-refractivity contribution in [2.45, 2.75) is 6.92 Å². The second kappa shape index (κ2) is 4.50. The summed E-state index contributed by atoms with van der Waals surface area (Å²) in [4.78, 5) is 11.3. The molecule has 0 aliphatic carbocycles. The first-order chi connectivity index (χ1) is 6.27. The summed E-state index contributed by atoms with van der Waals surface area (Å²) in [6, 6.07) is 7.07. The minimum Gasteiger partial charge on any atom is -0.497 e. The van der Waals surface area contributed by atoms with E-state index in [-0.39, 0.29) is 5.91 Å². The molecule has 0 atom stereocenters. The molecule has 0 aliphatic rings. The number of methoxy groups -OCH3 is 1. The Hall–Kier alpha value is -1.51. The summed E-state index contributed by atoms with van der Waals surface area (Å²) in [7, 11) is 1.58. The molecule has 1 aromatic rings. The Morgan fingerprint density at radius 2 is 2.31 bits per heavy atom. The van der Waals surface area contributed by atoms with Crippen LogP contribution in [0.2, 0.25) is 0 Å². The minimum absolute atomic E-state index is 0.0681. The molecule has 0 aliphatic heterocycles. The Morgan fingerprint density at radius 3 is 2.92 bits per heavy atom. The van der Waals surface area contributed by atoms with Gasteiger partial charge in [-0.25, -0.2) is 0 Å². The van der Waals surface area contributed by atoms with Crippen molar-refractivity contribution in [1.29, 1.82) is 0 Å². The molecule has 0 unspecified atom stereocenters. The second-order valence-electron chi connectivity index (χ2n) is 2.59. The molecule has 3 heteroatoms. The third-order valence-electron chi connectivity index (χ3n) is 1.67. The Bertz CT molecular complexity index is 297. The van der Waals surface area contributed by atoms with Crippen molar-refractivity contribution in [2.24, 2.45) is 0 Å². The highest BCUT2D eigenvalue weighted by molar-refractivity contribution is 5.94. The number of ether oxygens (including phenoxy) is 1. The van der Waals surface area contributed by atoms with Gasteiger partial charge in [-0.3, -0.25) is 4.79 Å². The van der Waals surface area contributed by atoms with E-state index in [2.05, 4.69) is 5.32 Å². The maximum atomic E-state index is 11.3. The Balaban J connectivity index is 2.82. The standard InChI is InChI=1S/C10H13NO2/c1-3-11-10(12)8-5-4-6-9(7-8)13-2/h4-7H,3H2,1-2H3,(H,11,12). The summed E-state index contributed by atoms with van der Waals surface area (Å²) in [5.74, 6) is 0.630. The van der Waals surface area contributed by atoms with Gasteiger partial charge in [0, 0.05) is 12.1 Å². The number of carbonyl (C=O) groups is 1. The first kappa shape index (κ1) is 9.58. The van der Waals surface area contributed by atoms with Crippen LogP contribution in [0.25, 0.3) is 0 Å². The van der Waals surface area contributed by atoms with Crippen molar-refractivity contribution in [3.8, 4) is 5.75 Å². The van der Waals surface area contributed by atoms with E-state index in [9.17, 15) is 4.79 Å². The maximum absolute atomic E-state index is 11.3. The van der Waals surface area contributed by atoms with Crippen molar-refractivity contribution < 1.29 is 9.53 Å². The molecule has 70 valence electrons. The molecule has 0 heterocycles. The zero-order valence-electron chi connectivity index (χ0n) is 7.83. The SMILES string of the molecule is CCNC(=O)c1cccc(OC)c1. The van der Waals surface area contributed by atoms with Crippen LogP contribution in [0.5, 0.6) is 5.75 Å². The van der Waals surface area contributed by atoms with Crippen molar-refractivity contribution in [3.05, 3.63) is 29.8 Å². The fourth-order valence-electron chi connectivity index (χ4n) is 1.03. The van der Waals surface area contributed by atoms with E-state index in [1.807, 2.05) is 13.0 Å². The van der Waals surface area contributed by atoms with E-state index in [1.54, 1.807) is 25.3 Å². The van der Waals surface area contributed by atoms with Crippen molar-refractivity contribution >= 4 is 5.91 Å². The van der Waals surface area contributed by atoms with Gasteiger partial charge in [-0.15, -0.1) is 0 Å². The van der Waals surface area contributed by atoms with Crippen LogP contribution in [-0.4, -0.2) is 19.6 Å². The summed E-state index contributed by atoms with van der Waals surface area (Å²) in [5.41, 5.74) is 0.626. The monoisotopic (exact) mass is 179 g/mol. The van der Waals surface area contributed by atoms with Crippen molar-refractivity contribution in [2.75, 3.05) is 13.7 Å². The number of benzene rings is 1. The quantitative estimate of drug-likeness (QED) is 0.762. The fourth-order valence-corrected chi connectivity index (χ4v) is 1.03. The molecule has 1 N–H and O–H groups in total. The van der Waals surface area contributed by atoms with Gasteiger partial charge in [0.25, 0.3) is 5.91 Å². The smallest absolute Gasteiger partial charge is 0.251 e. The van der Waals surface area contributed by atoms with Gasteiger partial charge in [-0.05, 0) is 25.1 Å². The van der Waals surface area contributed by atoms with E-state index in [4.69, 9.17) is 4.74 Å². The highest BCUT2D eigenvalue weighted by Gasteiger charge is 2.03. The van der Waals surface area contributed by atoms with Crippen LogP contribution in [0.3, 0.4) is 0 Å². The fraction of sp³-hybridized carbons (Fsp3) is 0.300. The Kier molecular flexibility index (Phi) is 3.31. The van der Waals surface area contributed by atoms with E-state index >= 15 is 0 Å². The largest absolute Gasteiger partial charge is 0.497 e. The molecule has 0 bridgehead atoms. The number of rotatable bonds is 3. The van der Waals surface area contributed by atoms with Gasteiger partial charge in [-0.1, -0.05) is 6.07 Å². The summed E-state index contributed by atoms with van der Waals surface area (Å²) < 4.78 is 5.00. The predicted molar refractivity (Wildman–Crippen MR) is 51.0 cm³/mol. The van der Waals surface area contributed by atoms with Crippen LogP contribution in [-0.2, 0) is 0 Å². The molecule has 1 rings (SSSR count). The number of nitrogens with one attached hydrogen (secondary N) is 1. The van der Waals surface area contributed by atoms with Gasteiger partial charge < -0.3 is 10.1 Å². The molecule has 3 nitrogen and oxygen atoms in total. The number of carbonyl (C=O) groups excluding carboxylic acids is 1. The van der Waals surface area contributed by atoms with Crippen LogP contribution in [0.1, 0.15) is 17.3 Å². The molecule has 0 radical (unpaired) electrons. The normalized spacial score (nSPS) is 9.38. The number of amides is 1. The summed E-state index contributed by atoms with van der Waals surface area (Å²) in [6.07, 6.45) is 0. The van der Waals surface area contributed by atoms with Crippen LogP contribution in [0, 0.1) is 0 Å². The lowest BCUT2D eigenvalue weighted by atomic mass is 10.2. The van der Waals surface area contributed by atoms with Crippen LogP contribution >= 0.6 is 0 Å². The lowest BCUT2D eigenvalue weighted by molar-refractivity contribution is 0.0955. The first-order valence-corrected chi connectivity index (χ1v) is 4.20. The van der Waals surface area contributed by atoms with E-state index in [0.29, 0.717) is 17.9 Å². The molecule has 0 saturated heterocycles. The molecule has 13 heavy (non-hydrogen) atoms. The van der Waals surface area contributed by atoms with Gasteiger partial charge in [0.1, 0.15) is 5.75 Å². The predicted octanol–water partition coefficient (Wildman–Crippen LogP) is 1.44. The topological polar surface area (TPSA) is 38.3 Å².